The van der Waals surface area contributed by atoms with Crippen molar-refractivity contribution in [3.63, 3.8) is 0 Å². The van der Waals surface area contributed by atoms with Gasteiger partial charge in [-0.3, -0.25) is 0 Å². The molecular formula is C10H21NO6. The lowest BCUT2D eigenvalue weighted by molar-refractivity contribution is -0.301. The summed E-state index contributed by atoms with van der Waals surface area (Å²) in [5, 5.41) is 37.6. The van der Waals surface area contributed by atoms with Crippen LogP contribution in [0.4, 0.5) is 0 Å². The van der Waals surface area contributed by atoms with E-state index in [1.807, 2.05) is 19.0 Å². The van der Waals surface area contributed by atoms with E-state index in [-0.39, 0.29) is 0 Å². The van der Waals surface area contributed by atoms with Crippen LogP contribution < -0.4 is 0 Å². The molecular weight excluding hydrogens is 230 g/mol. The highest BCUT2D eigenvalue weighted by atomic mass is 16.7. The molecule has 7 nitrogen and oxygen atoms in total. The number of nitrogens with zero attached hydrogens (tertiary/aromatic N) is 1. The number of hydrogen-bond acceptors (Lipinski definition) is 7. The van der Waals surface area contributed by atoms with Crippen molar-refractivity contribution in [3.8, 4) is 0 Å². The maximum Gasteiger partial charge on any atom is 0.186 e. The van der Waals surface area contributed by atoms with Gasteiger partial charge in [0.05, 0.1) is 13.2 Å². The first kappa shape index (κ1) is 14.8. The van der Waals surface area contributed by atoms with Crippen molar-refractivity contribution in [3.05, 3.63) is 0 Å². The Balaban J connectivity index is 2.47. The van der Waals surface area contributed by atoms with E-state index in [1.54, 1.807) is 0 Å². The van der Waals surface area contributed by atoms with Crippen LogP contribution in [-0.2, 0) is 9.47 Å². The molecule has 17 heavy (non-hydrogen) atoms. The van der Waals surface area contributed by atoms with E-state index < -0.39 is 37.3 Å². The SMILES string of the molecule is CN(C)CCO[C@@H]1O[C@@H](CO)[C@H](O)[C@@H](O)[C@@H]1O. The Morgan fingerprint density at radius 1 is 1.12 bits per heavy atom. The minimum Gasteiger partial charge on any atom is -0.394 e. The summed E-state index contributed by atoms with van der Waals surface area (Å²) in [6.45, 7) is 0.503. The van der Waals surface area contributed by atoms with Crippen LogP contribution >= 0.6 is 0 Å². The van der Waals surface area contributed by atoms with Gasteiger partial charge in [0.2, 0.25) is 0 Å². The number of rotatable bonds is 5. The van der Waals surface area contributed by atoms with E-state index >= 15 is 0 Å². The third kappa shape index (κ3) is 3.85. The van der Waals surface area contributed by atoms with Gasteiger partial charge in [-0.25, -0.2) is 0 Å². The van der Waals surface area contributed by atoms with Gasteiger partial charge in [0.25, 0.3) is 0 Å². The van der Waals surface area contributed by atoms with E-state index in [2.05, 4.69) is 0 Å². The molecule has 0 unspecified atom stereocenters. The lowest BCUT2D eigenvalue weighted by atomic mass is 9.99. The van der Waals surface area contributed by atoms with Crippen molar-refractivity contribution in [2.45, 2.75) is 30.7 Å². The quantitative estimate of drug-likeness (QED) is 0.424. The first-order valence-electron chi connectivity index (χ1n) is 5.54. The third-order valence-electron chi connectivity index (χ3n) is 2.67. The number of aliphatic hydroxyl groups is 4. The van der Waals surface area contributed by atoms with Gasteiger partial charge in [0, 0.05) is 6.54 Å². The van der Waals surface area contributed by atoms with E-state index in [0.29, 0.717) is 13.2 Å². The first-order valence-corrected chi connectivity index (χ1v) is 5.54. The molecule has 4 N–H and O–H groups in total. The standard InChI is InChI=1S/C10H21NO6/c1-11(2)3-4-16-10-9(15)8(14)7(13)6(5-12)17-10/h6-10,12-15H,3-5H2,1-2H3/t6-,7-,8+,9-,10+/m0/s1. The smallest absolute Gasteiger partial charge is 0.186 e. The molecule has 0 aromatic rings. The van der Waals surface area contributed by atoms with Crippen molar-refractivity contribution in [2.24, 2.45) is 0 Å². The van der Waals surface area contributed by atoms with Crippen LogP contribution in [0.25, 0.3) is 0 Å². The fourth-order valence-electron chi connectivity index (χ4n) is 1.56. The third-order valence-corrected chi connectivity index (χ3v) is 2.67. The molecule has 0 bridgehead atoms. The fourth-order valence-corrected chi connectivity index (χ4v) is 1.56. The number of hydrogen-bond donors (Lipinski definition) is 4. The van der Waals surface area contributed by atoms with Crippen LogP contribution in [0.2, 0.25) is 0 Å². The predicted octanol–water partition coefficient (Wildman–Crippen LogP) is -2.64. The Labute approximate surface area is 100 Å². The molecule has 0 aliphatic carbocycles. The summed E-state index contributed by atoms with van der Waals surface area (Å²) in [6.07, 6.45) is -6.01. The molecule has 1 saturated heterocycles. The van der Waals surface area contributed by atoms with Gasteiger partial charge in [0.1, 0.15) is 24.4 Å². The minimum atomic E-state index is -1.38. The van der Waals surface area contributed by atoms with Crippen LogP contribution in [0.1, 0.15) is 0 Å². The van der Waals surface area contributed by atoms with Crippen molar-refractivity contribution in [1.29, 1.82) is 0 Å². The monoisotopic (exact) mass is 251 g/mol. The molecule has 0 aromatic heterocycles. The van der Waals surface area contributed by atoms with Gasteiger partial charge >= 0.3 is 0 Å². The maximum atomic E-state index is 9.63. The van der Waals surface area contributed by atoms with Crippen molar-refractivity contribution < 1.29 is 29.9 Å². The minimum absolute atomic E-state index is 0.315. The highest BCUT2D eigenvalue weighted by molar-refractivity contribution is 4.88. The van der Waals surface area contributed by atoms with Gasteiger partial charge in [-0.2, -0.15) is 0 Å². The van der Waals surface area contributed by atoms with Crippen molar-refractivity contribution in [2.75, 3.05) is 33.9 Å². The maximum absolute atomic E-state index is 9.63. The summed E-state index contributed by atoms with van der Waals surface area (Å²) in [7, 11) is 3.74. The Bertz CT molecular complexity index is 225. The predicted molar refractivity (Wildman–Crippen MR) is 58.3 cm³/mol. The zero-order valence-corrected chi connectivity index (χ0v) is 10.1. The first-order chi connectivity index (χ1) is 7.97. The number of aliphatic hydroxyl groups excluding tert-OH is 4. The summed E-state index contributed by atoms with van der Waals surface area (Å²) >= 11 is 0. The summed E-state index contributed by atoms with van der Waals surface area (Å²) in [5.41, 5.74) is 0. The normalized spacial score (nSPS) is 38.6. The fraction of sp³-hybridized carbons (Fsp3) is 1.00. The molecule has 102 valence electrons. The van der Waals surface area contributed by atoms with Crippen LogP contribution in [0.5, 0.6) is 0 Å². The molecule has 1 aliphatic heterocycles. The number of ether oxygens (including phenoxy) is 2. The van der Waals surface area contributed by atoms with E-state index in [0.717, 1.165) is 0 Å². The van der Waals surface area contributed by atoms with E-state index in [9.17, 15) is 15.3 Å². The zero-order valence-electron chi connectivity index (χ0n) is 10.1. The van der Waals surface area contributed by atoms with E-state index in [1.165, 1.54) is 0 Å². The molecule has 0 spiro atoms. The van der Waals surface area contributed by atoms with Gasteiger partial charge in [0.15, 0.2) is 6.29 Å². The molecule has 0 aromatic carbocycles. The Morgan fingerprint density at radius 2 is 1.76 bits per heavy atom. The second kappa shape index (κ2) is 6.60. The Hall–Kier alpha value is -0.280. The molecule has 1 aliphatic rings. The second-order valence-electron chi connectivity index (χ2n) is 4.37. The highest BCUT2D eigenvalue weighted by Gasteiger charge is 2.43. The summed E-state index contributed by atoms with van der Waals surface area (Å²) in [4.78, 5) is 1.89. The lowest BCUT2D eigenvalue weighted by Crippen LogP contribution is -2.59. The van der Waals surface area contributed by atoms with Crippen LogP contribution in [0, 0.1) is 0 Å². The average Bonchev–Trinajstić information content (AvgIpc) is 2.29. The van der Waals surface area contributed by atoms with Gasteiger partial charge < -0.3 is 34.8 Å². The number of likely N-dealkylation sites (N-methyl/N-ethyl adjacent to an activating group) is 1. The van der Waals surface area contributed by atoms with E-state index in [4.69, 9.17) is 14.6 Å². The molecule has 1 fully saturated rings. The molecule has 0 saturated carbocycles. The van der Waals surface area contributed by atoms with Gasteiger partial charge in [-0.15, -0.1) is 0 Å². The van der Waals surface area contributed by atoms with Crippen LogP contribution in [0.3, 0.4) is 0 Å². The second-order valence-corrected chi connectivity index (χ2v) is 4.37. The zero-order chi connectivity index (χ0) is 13.0. The van der Waals surface area contributed by atoms with Gasteiger partial charge in [-0.05, 0) is 14.1 Å². The summed E-state index contributed by atoms with van der Waals surface area (Å²) in [6, 6.07) is 0. The molecule has 7 heteroatoms. The lowest BCUT2D eigenvalue weighted by Gasteiger charge is -2.39. The van der Waals surface area contributed by atoms with Crippen molar-refractivity contribution >= 4 is 0 Å². The summed E-state index contributed by atoms with van der Waals surface area (Å²) < 4.78 is 10.4. The largest absolute Gasteiger partial charge is 0.394 e. The molecule has 0 radical (unpaired) electrons. The molecule has 5 atom stereocenters. The van der Waals surface area contributed by atoms with Crippen LogP contribution in [-0.4, -0.2) is 89.9 Å². The van der Waals surface area contributed by atoms with Gasteiger partial charge in [-0.1, -0.05) is 0 Å². The highest BCUT2D eigenvalue weighted by Crippen LogP contribution is 2.21. The molecule has 0 amide bonds. The van der Waals surface area contributed by atoms with Crippen molar-refractivity contribution in [1.82, 2.24) is 4.90 Å². The Morgan fingerprint density at radius 3 is 2.29 bits per heavy atom. The Kier molecular flexibility index (Phi) is 5.74. The molecule has 1 rings (SSSR count). The molecule has 1 heterocycles. The topological polar surface area (TPSA) is 103 Å². The average molecular weight is 251 g/mol. The summed E-state index contributed by atoms with van der Waals surface area (Å²) in [5.74, 6) is 0. The van der Waals surface area contributed by atoms with Crippen LogP contribution in [0.15, 0.2) is 0 Å².